The number of esters is 1. The number of ether oxygens (including phenoxy) is 1. The van der Waals surface area contributed by atoms with E-state index in [4.69, 9.17) is 4.74 Å². The van der Waals surface area contributed by atoms with Crippen LogP contribution in [0.25, 0.3) is 0 Å². The van der Waals surface area contributed by atoms with Crippen molar-refractivity contribution in [1.29, 1.82) is 0 Å². The summed E-state index contributed by atoms with van der Waals surface area (Å²) in [7, 11) is 0. The summed E-state index contributed by atoms with van der Waals surface area (Å²) in [5.41, 5.74) is 2.20. The molecule has 5 atom stereocenters. The van der Waals surface area contributed by atoms with Crippen LogP contribution < -0.4 is 0 Å². The Balaban J connectivity index is 1.91. The monoisotopic (exact) mass is 318 g/mol. The largest absolute Gasteiger partial charge is 0.462 e. The average Bonchev–Trinajstić information content (AvgIpc) is 2.86. The number of carbonyl (C=O) groups is 1. The van der Waals surface area contributed by atoms with Crippen molar-refractivity contribution < 1.29 is 14.6 Å². The van der Waals surface area contributed by atoms with Gasteiger partial charge in [-0.05, 0) is 62.7 Å². The standard InChI is InChI=1S/C20H30O3/c1-13(2)6-5-10-20(4)16-8-7-14-15(12-23-18(14)22)19(16,3)11-9-17(20)21/h6-7,15-17,21H,5,8-12H2,1-4H3. The zero-order valence-electron chi connectivity index (χ0n) is 14.9. The topological polar surface area (TPSA) is 46.5 Å². The lowest BCUT2D eigenvalue weighted by Gasteiger charge is -2.58. The highest BCUT2D eigenvalue weighted by atomic mass is 16.5. The Hall–Kier alpha value is -1.09. The summed E-state index contributed by atoms with van der Waals surface area (Å²) in [5.74, 6) is 0.503. The fraction of sp³-hybridized carbons (Fsp3) is 0.750. The minimum absolute atomic E-state index is 0.0647. The third kappa shape index (κ3) is 2.57. The summed E-state index contributed by atoms with van der Waals surface area (Å²) in [5, 5.41) is 10.8. The van der Waals surface area contributed by atoms with Crippen LogP contribution in [-0.4, -0.2) is 23.8 Å². The van der Waals surface area contributed by atoms with E-state index in [2.05, 4.69) is 39.8 Å². The van der Waals surface area contributed by atoms with Crippen LogP contribution in [0.15, 0.2) is 23.3 Å². The molecule has 0 aromatic heterocycles. The molecule has 0 aromatic carbocycles. The van der Waals surface area contributed by atoms with Crippen LogP contribution in [0.3, 0.4) is 0 Å². The molecular weight excluding hydrogens is 288 g/mol. The molecule has 3 aliphatic rings. The molecule has 0 amide bonds. The molecule has 0 spiro atoms. The molecule has 1 heterocycles. The summed E-state index contributed by atoms with van der Waals surface area (Å²) in [6, 6.07) is 0. The van der Waals surface area contributed by atoms with E-state index in [1.54, 1.807) is 0 Å². The van der Waals surface area contributed by atoms with Crippen molar-refractivity contribution in [1.82, 2.24) is 0 Å². The predicted octanol–water partition coefficient (Wildman–Crippen LogP) is 4.02. The number of rotatable bonds is 3. The zero-order valence-corrected chi connectivity index (χ0v) is 14.9. The number of aliphatic hydroxyl groups excluding tert-OH is 1. The Kier molecular flexibility index (Phi) is 4.20. The molecule has 5 unspecified atom stereocenters. The molecule has 23 heavy (non-hydrogen) atoms. The van der Waals surface area contributed by atoms with Crippen molar-refractivity contribution >= 4 is 5.97 Å². The number of cyclic esters (lactones) is 1. The second-order valence-electron chi connectivity index (χ2n) is 8.49. The number of hydrogen-bond donors (Lipinski definition) is 1. The van der Waals surface area contributed by atoms with Gasteiger partial charge in [0.15, 0.2) is 0 Å². The highest BCUT2D eigenvalue weighted by Crippen LogP contribution is 2.62. The van der Waals surface area contributed by atoms with Gasteiger partial charge in [0.2, 0.25) is 0 Å². The summed E-state index contributed by atoms with van der Waals surface area (Å²) in [6.07, 6.45) is 8.84. The zero-order chi connectivity index (χ0) is 16.8. The highest BCUT2D eigenvalue weighted by Gasteiger charge is 2.59. The van der Waals surface area contributed by atoms with Crippen LogP contribution in [0.1, 0.15) is 59.8 Å². The van der Waals surface area contributed by atoms with Crippen molar-refractivity contribution in [3.8, 4) is 0 Å². The molecule has 1 N–H and O–H groups in total. The number of hydrogen-bond acceptors (Lipinski definition) is 3. The van der Waals surface area contributed by atoms with Crippen LogP contribution in [0.4, 0.5) is 0 Å². The van der Waals surface area contributed by atoms with E-state index >= 15 is 0 Å². The van der Waals surface area contributed by atoms with Crippen LogP contribution >= 0.6 is 0 Å². The van der Waals surface area contributed by atoms with Crippen molar-refractivity contribution in [2.75, 3.05) is 6.61 Å². The van der Waals surface area contributed by atoms with E-state index in [1.807, 2.05) is 0 Å². The van der Waals surface area contributed by atoms with E-state index in [1.165, 1.54) is 5.57 Å². The van der Waals surface area contributed by atoms with Gasteiger partial charge < -0.3 is 9.84 Å². The minimum Gasteiger partial charge on any atom is -0.462 e. The molecule has 3 heteroatoms. The van der Waals surface area contributed by atoms with Crippen LogP contribution in [-0.2, 0) is 9.53 Å². The number of allylic oxidation sites excluding steroid dienone is 3. The predicted molar refractivity (Wildman–Crippen MR) is 90.8 cm³/mol. The summed E-state index contributed by atoms with van der Waals surface area (Å²) in [6.45, 7) is 9.36. The first-order valence-electron chi connectivity index (χ1n) is 8.97. The molecule has 0 radical (unpaired) electrons. The van der Waals surface area contributed by atoms with E-state index in [-0.39, 0.29) is 28.8 Å². The number of aliphatic hydroxyl groups is 1. The van der Waals surface area contributed by atoms with Gasteiger partial charge in [-0.15, -0.1) is 0 Å². The van der Waals surface area contributed by atoms with Crippen molar-refractivity contribution in [2.24, 2.45) is 22.7 Å². The molecular formula is C20H30O3. The second kappa shape index (κ2) is 5.77. The Labute approximate surface area is 139 Å². The maximum atomic E-state index is 12.0. The molecule has 0 aromatic rings. The lowest BCUT2D eigenvalue weighted by atomic mass is 9.47. The van der Waals surface area contributed by atoms with Gasteiger partial charge in [-0.3, -0.25) is 0 Å². The van der Waals surface area contributed by atoms with Gasteiger partial charge >= 0.3 is 5.97 Å². The summed E-state index contributed by atoms with van der Waals surface area (Å²) < 4.78 is 5.34. The second-order valence-corrected chi connectivity index (χ2v) is 8.49. The number of fused-ring (bicyclic) bond motifs is 3. The smallest absolute Gasteiger partial charge is 0.334 e. The van der Waals surface area contributed by atoms with E-state index < -0.39 is 0 Å². The van der Waals surface area contributed by atoms with Crippen molar-refractivity contribution in [2.45, 2.75) is 65.9 Å². The number of carbonyl (C=O) groups excluding carboxylic acids is 1. The maximum Gasteiger partial charge on any atom is 0.334 e. The maximum absolute atomic E-state index is 12.0. The average molecular weight is 318 g/mol. The van der Waals surface area contributed by atoms with Crippen LogP contribution in [0.5, 0.6) is 0 Å². The first kappa shape index (κ1) is 16.8. The quantitative estimate of drug-likeness (QED) is 0.631. The van der Waals surface area contributed by atoms with Gasteiger partial charge in [-0.25, -0.2) is 4.79 Å². The Morgan fingerprint density at radius 1 is 1.43 bits per heavy atom. The minimum atomic E-state index is -0.251. The third-order valence-electron chi connectivity index (χ3n) is 6.91. The molecule has 2 aliphatic carbocycles. The Morgan fingerprint density at radius 3 is 2.87 bits per heavy atom. The van der Waals surface area contributed by atoms with Gasteiger partial charge in [0.25, 0.3) is 0 Å². The summed E-state index contributed by atoms with van der Waals surface area (Å²) >= 11 is 0. The molecule has 3 rings (SSSR count). The SMILES string of the molecule is CC(C)=CCCC1(C)C(O)CCC2(C)C3COC(=O)C3=CCC12. The normalized spacial score (nSPS) is 42.4. The first-order chi connectivity index (χ1) is 10.8. The van der Waals surface area contributed by atoms with Crippen molar-refractivity contribution in [3.05, 3.63) is 23.3 Å². The van der Waals surface area contributed by atoms with Crippen molar-refractivity contribution in [3.63, 3.8) is 0 Å². The highest BCUT2D eigenvalue weighted by molar-refractivity contribution is 5.91. The Morgan fingerprint density at radius 2 is 2.17 bits per heavy atom. The molecule has 0 bridgehead atoms. The molecule has 2 fully saturated rings. The van der Waals surface area contributed by atoms with Gasteiger partial charge in [-0.1, -0.05) is 31.6 Å². The molecule has 3 nitrogen and oxygen atoms in total. The third-order valence-corrected chi connectivity index (χ3v) is 6.91. The fourth-order valence-electron chi connectivity index (χ4n) is 5.40. The van der Waals surface area contributed by atoms with E-state index in [0.29, 0.717) is 12.5 Å². The van der Waals surface area contributed by atoms with Gasteiger partial charge in [0, 0.05) is 11.5 Å². The Bertz CT molecular complexity index is 557. The first-order valence-corrected chi connectivity index (χ1v) is 8.97. The van der Waals surface area contributed by atoms with E-state index in [0.717, 1.165) is 37.7 Å². The molecule has 1 saturated carbocycles. The van der Waals surface area contributed by atoms with Gasteiger partial charge in [0.05, 0.1) is 12.7 Å². The molecule has 1 aliphatic heterocycles. The lowest BCUT2D eigenvalue weighted by molar-refractivity contribution is -0.135. The molecule has 128 valence electrons. The summed E-state index contributed by atoms with van der Waals surface area (Å²) in [4.78, 5) is 12.0. The van der Waals surface area contributed by atoms with Crippen LogP contribution in [0, 0.1) is 22.7 Å². The molecule has 1 saturated heterocycles. The fourth-order valence-corrected chi connectivity index (χ4v) is 5.40. The van der Waals surface area contributed by atoms with E-state index in [9.17, 15) is 9.90 Å². The lowest BCUT2D eigenvalue weighted by Crippen LogP contribution is -2.55. The van der Waals surface area contributed by atoms with Gasteiger partial charge in [-0.2, -0.15) is 0 Å². The van der Waals surface area contributed by atoms with Crippen LogP contribution in [0.2, 0.25) is 0 Å². The van der Waals surface area contributed by atoms with Gasteiger partial charge in [0.1, 0.15) is 0 Å².